The third-order valence-electron chi connectivity index (χ3n) is 3.86. The van der Waals surface area contributed by atoms with Crippen LogP contribution >= 0.6 is 23.2 Å². The molecule has 1 aromatic carbocycles. The van der Waals surface area contributed by atoms with Crippen LogP contribution in [-0.4, -0.2) is 31.6 Å². The molecular weight excluding hydrogens is 279 g/mol. The Hall–Kier alpha value is -0.280. The second-order valence-corrected chi connectivity index (χ2v) is 6.41. The summed E-state index contributed by atoms with van der Waals surface area (Å²) in [5.41, 5.74) is 1.08. The second-order valence-electron chi connectivity index (χ2n) is 5.57. The van der Waals surface area contributed by atoms with Crippen molar-refractivity contribution in [1.82, 2.24) is 10.2 Å². The molecule has 1 aliphatic heterocycles. The summed E-state index contributed by atoms with van der Waals surface area (Å²) < 4.78 is 0. The number of nitrogens with one attached hydrogen (secondary N) is 1. The topological polar surface area (TPSA) is 15.3 Å². The zero-order valence-corrected chi connectivity index (χ0v) is 13.1. The van der Waals surface area contributed by atoms with Gasteiger partial charge in [-0.25, -0.2) is 0 Å². The molecule has 19 heavy (non-hydrogen) atoms. The lowest BCUT2D eigenvalue weighted by Gasteiger charge is -2.30. The molecule has 106 valence electrons. The molecule has 0 amide bonds. The van der Waals surface area contributed by atoms with Gasteiger partial charge in [0.05, 0.1) is 0 Å². The Morgan fingerprint density at radius 3 is 2.95 bits per heavy atom. The quantitative estimate of drug-likeness (QED) is 0.904. The van der Waals surface area contributed by atoms with E-state index in [0.717, 1.165) is 28.1 Å². The molecular formula is C15H22Cl2N2. The summed E-state index contributed by atoms with van der Waals surface area (Å²) >= 11 is 12.3. The monoisotopic (exact) mass is 300 g/mol. The maximum atomic E-state index is 6.23. The molecule has 0 aliphatic carbocycles. The van der Waals surface area contributed by atoms with Gasteiger partial charge in [-0.05, 0) is 69.6 Å². The van der Waals surface area contributed by atoms with Gasteiger partial charge in [0.15, 0.2) is 0 Å². The van der Waals surface area contributed by atoms with Crippen LogP contribution in [0.4, 0.5) is 0 Å². The minimum atomic E-state index is 0.235. The van der Waals surface area contributed by atoms with Gasteiger partial charge in [-0.1, -0.05) is 23.2 Å². The van der Waals surface area contributed by atoms with Gasteiger partial charge in [-0.15, -0.1) is 0 Å². The zero-order valence-electron chi connectivity index (χ0n) is 11.6. The SMILES string of the molecule is CC(NCC1CCCN(C)C1)c1cc(Cl)ccc1Cl. The summed E-state index contributed by atoms with van der Waals surface area (Å²) in [6.07, 6.45) is 2.61. The first-order valence-corrected chi connectivity index (χ1v) is 7.68. The van der Waals surface area contributed by atoms with Crippen molar-refractivity contribution in [1.29, 1.82) is 0 Å². The number of nitrogens with zero attached hydrogens (tertiary/aromatic N) is 1. The Morgan fingerprint density at radius 1 is 1.42 bits per heavy atom. The molecule has 2 nitrogen and oxygen atoms in total. The second kappa shape index (κ2) is 6.94. The molecule has 1 fully saturated rings. The van der Waals surface area contributed by atoms with Crippen LogP contribution in [0, 0.1) is 5.92 Å². The summed E-state index contributed by atoms with van der Waals surface area (Å²) in [6, 6.07) is 5.88. The molecule has 0 saturated carbocycles. The fraction of sp³-hybridized carbons (Fsp3) is 0.600. The molecule has 1 aromatic rings. The van der Waals surface area contributed by atoms with Gasteiger partial charge in [0.2, 0.25) is 0 Å². The highest BCUT2D eigenvalue weighted by Gasteiger charge is 2.18. The number of benzene rings is 1. The largest absolute Gasteiger partial charge is 0.310 e. The summed E-state index contributed by atoms with van der Waals surface area (Å²) in [5.74, 6) is 0.735. The van der Waals surface area contributed by atoms with Crippen molar-refractivity contribution in [2.24, 2.45) is 5.92 Å². The Kier molecular flexibility index (Phi) is 5.52. The zero-order chi connectivity index (χ0) is 13.8. The van der Waals surface area contributed by atoms with E-state index in [4.69, 9.17) is 23.2 Å². The van der Waals surface area contributed by atoms with E-state index in [0.29, 0.717) is 0 Å². The first kappa shape index (κ1) is 15.1. The molecule has 1 heterocycles. The van der Waals surface area contributed by atoms with E-state index in [1.807, 2.05) is 18.2 Å². The molecule has 1 N–H and O–H groups in total. The highest BCUT2D eigenvalue weighted by atomic mass is 35.5. The van der Waals surface area contributed by atoms with Crippen molar-refractivity contribution >= 4 is 23.2 Å². The predicted octanol–water partition coefficient (Wildman–Crippen LogP) is 3.99. The van der Waals surface area contributed by atoms with E-state index < -0.39 is 0 Å². The fourth-order valence-electron chi connectivity index (χ4n) is 2.74. The normalized spacial score (nSPS) is 22.4. The van der Waals surface area contributed by atoms with Crippen LogP contribution < -0.4 is 5.32 Å². The van der Waals surface area contributed by atoms with Gasteiger partial charge in [0.1, 0.15) is 0 Å². The first-order valence-electron chi connectivity index (χ1n) is 6.93. The highest BCUT2D eigenvalue weighted by molar-refractivity contribution is 6.33. The van der Waals surface area contributed by atoms with Crippen molar-refractivity contribution in [3.8, 4) is 0 Å². The van der Waals surface area contributed by atoms with E-state index in [2.05, 4.69) is 24.2 Å². The van der Waals surface area contributed by atoms with E-state index in [9.17, 15) is 0 Å². The molecule has 0 aromatic heterocycles. The first-order chi connectivity index (χ1) is 9.06. The average molecular weight is 301 g/mol. The molecule has 1 aliphatic rings. The predicted molar refractivity (Wildman–Crippen MR) is 83.1 cm³/mol. The Balaban J connectivity index is 1.90. The van der Waals surface area contributed by atoms with Crippen molar-refractivity contribution in [3.63, 3.8) is 0 Å². The molecule has 0 spiro atoms. The third-order valence-corrected chi connectivity index (χ3v) is 4.44. The molecule has 2 unspecified atom stereocenters. The van der Waals surface area contributed by atoms with Gasteiger partial charge >= 0.3 is 0 Å². The Bertz CT molecular complexity index is 423. The van der Waals surface area contributed by atoms with Gasteiger partial charge in [0.25, 0.3) is 0 Å². The lowest BCUT2D eigenvalue weighted by molar-refractivity contribution is 0.203. The van der Waals surface area contributed by atoms with Gasteiger partial charge in [-0.3, -0.25) is 0 Å². The van der Waals surface area contributed by atoms with Crippen LogP contribution in [0.3, 0.4) is 0 Å². The summed E-state index contributed by atoms with van der Waals surface area (Å²) in [6.45, 7) is 5.59. The lowest BCUT2D eigenvalue weighted by atomic mass is 9.97. The molecule has 1 saturated heterocycles. The summed E-state index contributed by atoms with van der Waals surface area (Å²) in [7, 11) is 2.20. The lowest BCUT2D eigenvalue weighted by Crippen LogP contribution is -2.38. The summed E-state index contributed by atoms with van der Waals surface area (Å²) in [4.78, 5) is 2.41. The van der Waals surface area contributed by atoms with Gasteiger partial charge in [-0.2, -0.15) is 0 Å². The average Bonchev–Trinajstić information content (AvgIpc) is 2.39. The van der Waals surface area contributed by atoms with Gasteiger partial charge < -0.3 is 10.2 Å². The van der Waals surface area contributed by atoms with Crippen LogP contribution in [-0.2, 0) is 0 Å². The van der Waals surface area contributed by atoms with Crippen LogP contribution in [0.25, 0.3) is 0 Å². The number of rotatable bonds is 4. The van der Waals surface area contributed by atoms with Crippen molar-refractivity contribution in [2.45, 2.75) is 25.8 Å². The van der Waals surface area contributed by atoms with Gasteiger partial charge in [0, 0.05) is 22.6 Å². The third kappa shape index (κ3) is 4.35. The molecule has 4 heteroatoms. The number of hydrogen-bond acceptors (Lipinski definition) is 2. The Labute approximate surface area is 126 Å². The van der Waals surface area contributed by atoms with Crippen molar-refractivity contribution in [3.05, 3.63) is 33.8 Å². The molecule has 2 rings (SSSR count). The smallest absolute Gasteiger partial charge is 0.0454 e. The number of halogens is 2. The van der Waals surface area contributed by atoms with Crippen LogP contribution in [0.15, 0.2) is 18.2 Å². The number of likely N-dealkylation sites (tertiary alicyclic amines) is 1. The number of hydrogen-bond donors (Lipinski definition) is 1. The van der Waals surface area contributed by atoms with Crippen LogP contribution in [0.5, 0.6) is 0 Å². The van der Waals surface area contributed by atoms with E-state index in [1.54, 1.807) is 0 Å². The fourth-order valence-corrected chi connectivity index (χ4v) is 3.20. The van der Waals surface area contributed by atoms with E-state index in [1.165, 1.54) is 25.9 Å². The maximum absolute atomic E-state index is 6.23. The molecule has 2 atom stereocenters. The van der Waals surface area contributed by atoms with Crippen molar-refractivity contribution in [2.75, 3.05) is 26.7 Å². The van der Waals surface area contributed by atoms with Crippen LogP contribution in [0.2, 0.25) is 10.0 Å². The maximum Gasteiger partial charge on any atom is 0.0454 e. The minimum Gasteiger partial charge on any atom is -0.310 e. The summed E-state index contributed by atoms with van der Waals surface area (Å²) in [5, 5.41) is 5.11. The van der Waals surface area contributed by atoms with Crippen molar-refractivity contribution < 1.29 is 0 Å². The van der Waals surface area contributed by atoms with E-state index in [-0.39, 0.29) is 6.04 Å². The van der Waals surface area contributed by atoms with E-state index >= 15 is 0 Å². The van der Waals surface area contributed by atoms with Crippen LogP contribution in [0.1, 0.15) is 31.4 Å². The molecule has 0 bridgehead atoms. The Morgan fingerprint density at radius 2 is 2.21 bits per heavy atom. The number of piperidine rings is 1. The minimum absolute atomic E-state index is 0.235. The highest BCUT2D eigenvalue weighted by Crippen LogP contribution is 2.26. The molecule has 0 radical (unpaired) electrons. The standard InChI is InChI=1S/C15H22Cl2N2/c1-11(14-8-13(16)5-6-15(14)17)18-9-12-4-3-7-19(2)10-12/h5-6,8,11-12,18H,3-4,7,9-10H2,1-2H3.